The number of hydrogen-bond donors (Lipinski definition) is 2. The average Bonchev–Trinajstić information content (AvgIpc) is 2.38. The molecule has 6 heteroatoms. The molecule has 0 spiro atoms. The Balaban J connectivity index is 2.56. The van der Waals surface area contributed by atoms with Crippen molar-refractivity contribution in [1.82, 2.24) is 5.32 Å². The van der Waals surface area contributed by atoms with Crippen LogP contribution in [0.25, 0.3) is 0 Å². The molecule has 1 aromatic rings. The van der Waals surface area contributed by atoms with Crippen molar-refractivity contribution in [2.75, 3.05) is 7.11 Å². The van der Waals surface area contributed by atoms with Gasteiger partial charge < -0.3 is 10.1 Å². The fourth-order valence-electron chi connectivity index (χ4n) is 1.66. The lowest BCUT2D eigenvalue weighted by molar-refractivity contribution is -0.710. The lowest BCUT2D eigenvalue weighted by Gasteiger charge is -2.16. The molecule has 19 heavy (non-hydrogen) atoms. The second-order valence-electron chi connectivity index (χ2n) is 4.30. The first-order chi connectivity index (χ1) is 8.93. The number of methoxy groups -OCH3 is 1. The standard InChI is InChI=1S/C13H17ClN2O3/c1-8(10-4-6-11(14)7-5-10)15-9(2)12(17)16-13(18)19-3/h4-9,15H,1-3H3,(H,16,17,18)/p+1/t8-,9+/m1/s1. The van der Waals surface area contributed by atoms with Gasteiger partial charge in [-0.15, -0.1) is 0 Å². The molecule has 0 heterocycles. The van der Waals surface area contributed by atoms with Crippen molar-refractivity contribution < 1.29 is 19.6 Å². The molecule has 2 amide bonds. The Bertz CT molecular complexity index is 448. The Morgan fingerprint density at radius 3 is 2.37 bits per heavy atom. The average molecular weight is 286 g/mol. The van der Waals surface area contributed by atoms with Gasteiger partial charge in [-0.3, -0.25) is 10.1 Å². The number of imide groups is 1. The Labute approximate surface area is 117 Å². The molecule has 0 bridgehead atoms. The summed E-state index contributed by atoms with van der Waals surface area (Å²) in [5, 5.41) is 4.68. The smallest absolute Gasteiger partial charge is 0.413 e. The zero-order valence-corrected chi connectivity index (χ0v) is 11.9. The van der Waals surface area contributed by atoms with Crippen LogP contribution >= 0.6 is 11.6 Å². The molecule has 3 N–H and O–H groups in total. The second kappa shape index (κ2) is 7.11. The summed E-state index contributed by atoms with van der Waals surface area (Å²) < 4.78 is 4.37. The lowest BCUT2D eigenvalue weighted by atomic mass is 10.1. The van der Waals surface area contributed by atoms with Gasteiger partial charge in [-0.1, -0.05) is 23.7 Å². The number of nitrogens with two attached hydrogens (primary N) is 1. The minimum absolute atomic E-state index is 0.0793. The van der Waals surface area contributed by atoms with Crippen LogP contribution in [0.1, 0.15) is 25.5 Å². The number of halogens is 1. The highest BCUT2D eigenvalue weighted by molar-refractivity contribution is 6.30. The number of rotatable bonds is 4. The third-order valence-electron chi connectivity index (χ3n) is 2.80. The minimum Gasteiger partial charge on any atom is -0.453 e. The predicted octanol–water partition coefficient (Wildman–Crippen LogP) is 1.24. The van der Waals surface area contributed by atoms with Gasteiger partial charge in [0, 0.05) is 10.6 Å². The summed E-state index contributed by atoms with van der Waals surface area (Å²) in [4.78, 5) is 22.6. The van der Waals surface area contributed by atoms with E-state index in [0.29, 0.717) is 5.02 Å². The molecule has 0 aliphatic rings. The molecule has 5 nitrogen and oxygen atoms in total. The van der Waals surface area contributed by atoms with Crippen LogP contribution in [0, 0.1) is 0 Å². The van der Waals surface area contributed by atoms with Crippen LogP contribution < -0.4 is 10.6 Å². The van der Waals surface area contributed by atoms with Crippen molar-refractivity contribution in [1.29, 1.82) is 0 Å². The quantitative estimate of drug-likeness (QED) is 0.874. The molecule has 0 radical (unpaired) electrons. The first-order valence-corrected chi connectivity index (χ1v) is 6.31. The fraction of sp³-hybridized carbons (Fsp3) is 0.385. The summed E-state index contributed by atoms with van der Waals surface area (Å²) in [7, 11) is 1.22. The summed E-state index contributed by atoms with van der Waals surface area (Å²) in [5.74, 6) is -0.382. The van der Waals surface area contributed by atoms with E-state index in [4.69, 9.17) is 11.6 Å². The monoisotopic (exact) mass is 285 g/mol. The van der Waals surface area contributed by atoms with Gasteiger partial charge in [0.05, 0.1) is 7.11 Å². The van der Waals surface area contributed by atoms with Gasteiger partial charge in [0.25, 0.3) is 5.91 Å². The van der Waals surface area contributed by atoms with Crippen LogP contribution in [0.2, 0.25) is 5.02 Å². The fourth-order valence-corrected chi connectivity index (χ4v) is 1.79. The normalized spacial score (nSPS) is 13.5. The Hall–Kier alpha value is -1.59. The summed E-state index contributed by atoms with van der Waals surface area (Å²) in [6.45, 7) is 3.70. The number of nitrogens with one attached hydrogen (secondary N) is 1. The third-order valence-corrected chi connectivity index (χ3v) is 3.05. The molecule has 0 aromatic heterocycles. The molecule has 1 aromatic carbocycles. The molecule has 0 fully saturated rings. The maximum absolute atomic E-state index is 11.7. The summed E-state index contributed by atoms with van der Waals surface area (Å²) >= 11 is 5.82. The van der Waals surface area contributed by atoms with Gasteiger partial charge in [-0.2, -0.15) is 0 Å². The largest absolute Gasteiger partial charge is 0.453 e. The van der Waals surface area contributed by atoms with Crippen LogP contribution in [0.15, 0.2) is 24.3 Å². The van der Waals surface area contributed by atoms with Crippen molar-refractivity contribution >= 4 is 23.6 Å². The van der Waals surface area contributed by atoms with E-state index < -0.39 is 12.1 Å². The molecular formula is C13H18ClN2O3+. The zero-order chi connectivity index (χ0) is 14.4. The van der Waals surface area contributed by atoms with E-state index in [-0.39, 0.29) is 11.9 Å². The van der Waals surface area contributed by atoms with Crippen molar-refractivity contribution in [3.63, 3.8) is 0 Å². The van der Waals surface area contributed by atoms with Gasteiger partial charge >= 0.3 is 6.09 Å². The number of carbonyl (C=O) groups excluding carboxylic acids is 2. The molecule has 0 aliphatic carbocycles. The van der Waals surface area contributed by atoms with E-state index in [1.165, 1.54) is 7.11 Å². The second-order valence-corrected chi connectivity index (χ2v) is 4.74. The van der Waals surface area contributed by atoms with E-state index in [9.17, 15) is 9.59 Å². The summed E-state index contributed by atoms with van der Waals surface area (Å²) in [6.07, 6.45) is -0.746. The van der Waals surface area contributed by atoms with Crippen molar-refractivity contribution in [2.45, 2.75) is 25.9 Å². The number of carbonyl (C=O) groups is 2. The van der Waals surface area contributed by atoms with Gasteiger partial charge in [-0.25, -0.2) is 4.79 Å². The van der Waals surface area contributed by atoms with Crippen LogP contribution in [-0.2, 0) is 9.53 Å². The van der Waals surface area contributed by atoms with Crippen molar-refractivity contribution in [3.05, 3.63) is 34.9 Å². The molecule has 2 atom stereocenters. The van der Waals surface area contributed by atoms with E-state index in [0.717, 1.165) is 5.56 Å². The predicted molar refractivity (Wildman–Crippen MR) is 71.8 cm³/mol. The van der Waals surface area contributed by atoms with Crippen LogP contribution in [0.4, 0.5) is 4.79 Å². The lowest BCUT2D eigenvalue weighted by Crippen LogP contribution is -2.92. The number of amides is 2. The first kappa shape index (κ1) is 15.5. The Morgan fingerprint density at radius 2 is 1.84 bits per heavy atom. The maximum Gasteiger partial charge on any atom is 0.413 e. The maximum atomic E-state index is 11.7. The highest BCUT2D eigenvalue weighted by Gasteiger charge is 2.22. The van der Waals surface area contributed by atoms with E-state index in [1.54, 1.807) is 19.1 Å². The number of ether oxygens (including phenoxy) is 1. The van der Waals surface area contributed by atoms with Gasteiger partial charge in [0.1, 0.15) is 6.04 Å². The van der Waals surface area contributed by atoms with Gasteiger partial charge in [0.2, 0.25) is 0 Å². The highest BCUT2D eigenvalue weighted by atomic mass is 35.5. The molecule has 0 unspecified atom stereocenters. The van der Waals surface area contributed by atoms with Crippen LogP contribution in [0.5, 0.6) is 0 Å². The number of benzene rings is 1. The minimum atomic E-state index is -0.746. The highest BCUT2D eigenvalue weighted by Crippen LogP contribution is 2.13. The van der Waals surface area contributed by atoms with Crippen LogP contribution in [-0.4, -0.2) is 25.2 Å². The molecular weight excluding hydrogens is 268 g/mol. The topological polar surface area (TPSA) is 72.0 Å². The molecule has 0 saturated heterocycles. The molecule has 0 saturated carbocycles. The number of hydrogen-bond acceptors (Lipinski definition) is 3. The Morgan fingerprint density at radius 1 is 1.26 bits per heavy atom. The number of quaternary nitrogens is 1. The van der Waals surface area contributed by atoms with Gasteiger partial charge in [-0.05, 0) is 26.0 Å². The number of alkyl carbamates (subject to hydrolysis) is 1. The van der Waals surface area contributed by atoms with E-state index in [2.05, 4.69) is 10.1 Å². The Kier molecular flexibility index (Phi) is 5.79. The van der Waals surface area contributed by atoms with Crippen LogP contribution in [0.3, 0.4) is 0 Å². The van der Waals surface area contributed by atoms with E-state index in [1.807, 2.05) is 24.4 Å². The first-order valence-electron chi connectivity index (χ1n) is 5.93. The molecule has 1 rings (SSSR count). The third kappa shape index (κ3) is 4.89. The van der Waals surface area contributed by atoms with Crippen molar-refractivity contribution in [3.8, 4) is 0 Å². The van der Waals surface area contributed by atoms with Gasteiger partial charge in [0.15, 0.2) is 6.04 Å². The summed E-state index contributed by atoms with van der Waals surface area (Å²) in [5.41, 5.74) is 1.06. The molecule has 104 valence electrons. The summed E-state index contributed by atoms with van der Waals surface area (Å²) in [6, 6.07) is 7.12. The van der Waals surface area contributed by atoms with E-state index >= 15 is 0 Å². The SMILES string of the molecule is COC(=O)NC(=O)[C@H](C)[NH2+][C@H](C)c1ccc(Cl)cc1. The zero-order valence-electron chi connectivity index (χ0n) is 11.1. The molecule has 0 aliphatic heterocycles. The van der Waals surface area contributed by atoms with Crippen molar-refractivity contribution in [2.24, 2.45) is 0 Å².